The van der Waals surface area contributed by atoms with E-state index in [0.29, 0.717) is 24.5 Å². The minimum absolute atomic E-state index is 0.0850. The molecule has 6 heteroatoms. The SMILES string of the molecule is CC(=O)Nc1cccc(N2C[C@@H](C(=O)NCCc3ccccc3)CC2=O)c1. The lowest BCUT2D eigenvalue weighted by Gasteiger charge is -2.18. The molecule has 1 aliphatic heterocycles. The van der Waals surface area contributed by atoms with Gasteiger partial charge >= 0.3 is 0 Å². The molecule has 1 heterocycles. The summed E-state index contributed by atoms with van der Waals surface area (Å²) in [6.45, 7) is 2.33. The maximum atomic E-state index is 12.4. The van der Waals surface area contributed by atoms with Crippen LogP contribution in [0.25, 0.3) is 0 Å². The van der Waals surface area contributed by atoms with E-state index in [4.69, 9.17) is 0 Å². The van der Waals surface area contributed by atoms with Crippen molar-refractivity contribution in [2.45, 2.75) is 19.8 Å². The van der Waals surface area contributed by atoms with Crippen LogP contribution in [-0.4, -0.2) is 30.8 Å². The molecule has 0 aliphatic carbocycles. The van der Waals surface area contributed by atoms with Gasteiger partial charge in [-0.2, -0.15) is 0 Å². The molecule has 0 unspecified atom stereocenters. The second-order valence-electron chi connectivity index (χ2n) is 6.66. The van der Waals surface area contributed by atoms with Gasteiger partial charge in [0, 0.05) is 37.8 Å². The van der Waals surface area contributed by atoms with Crippen molar-refractivity contribution in [1.82, 2.24) is 5.32 Å². The Hall–Kier alpha value is -3.15. The van der Waals surface area contributed by atoms with Gasteiger partial charge in [-0.25, -0.2) is 0 Å². The Morgan fingerprint density at radius 2 is 1.89 bits per heavy atom. The Kier molecular flexibility index (Phi) is 5.86. The molecule has 3 amide bonds. The zero-order chi connectivity index (χ0) is 19.2. The van der Waals surface area contributed by atoms with Crippen molar-refractivity contribution in [3.05, 3.63) is 60.2 Å². The van der Waals surface area contributed by atoms with Crippen molar-refractivity contribution in [2.75, 3.05) is 23.3 Å². The maximum absolute atomic E-state index is 12.4. The van der Waals surface area contributed by atoms with Crippen molar-refractivity contribution in [1.29, 1.82) is 0 Å². The molecule has 0 aromatic heterocycles. The highest BCUT2D eigenvalue weighted by Gasteiger charge is 2.35. The molecule has 6 nitrogen and oxygen atoms in total. The number of carbonyl (C=O) groups is 3. The molecule has 0 saturated carbocycles. The first-order valence-corrected chi connectivity index (χ1v) is 9.02. The van der Waals surface area contributed by atoms with E-state index < -0.39 is 0 Å². The lowest BCUT2D eigenvalue weighted by atomic mass is 10.1. The van der Waals surface area contributed by atoms with Gasteiger partial charge in [-0.1, -0.05) is 36.4 Å². The van der Waals surface area contributed by atoms with E-state index in [9.17, 15) is 14.4 Å². The molecule has 1 saturated heterocycles. The summed E-state index contributed by atoms with van der Waals surface area (Å²) in [6, 6.07) is 17.0. The average molecular weight is 365 g/mol. The quantitative estimate of drug-likeness (QED) is 0.825. The van der Waals surface area contributed by atoms with Crippen LogP contribution in [0.2, 0.25) is 0 Å². The van der Waals surface area contributed by atoms with Crippen LogP contribution in [0.5, 0.6) is 0 Å². The van der Waals surface area contributed by atoms with Crippen molar-refractivity contribution < 1.29 is 14.4 Å². The minimum atomic E-state index is -0.363. The van der Waals surface area contributed by atoms with Gasteiger partial charge in [0.1, 0.15) is 0 Å². The third-order valence-corrected chi connectivity index (χ3v) is 4.53. The van der Waals surface area contributed by atoms with E-state index in [2.05, 4.69) is 10.6 Å². The molecule has 1 fully saturated rings. The van der Waals surface area contributed by atoms with Gasteiger partial charge in [0.05, 0.1) is 5.92 Å². The van der Waals surface area contributed by atoms with Crippen LogP contribution in [0.15, 0.2) is 54.6 Å². The summed E-state index contributed by atoms with van der Waals surface area (Å²) in [5.74, 6) is -0.716. The van der Waals surface area contributed by atoms with Crippen molar-refractivity contribution >= 4 is 29.1 Å². The molecule has 1 aliphatic rings. The summed E-state index contributed by atoms with van der Waals surface area (Å²) in [5.41, 5.74) is 2.48. The largest absolute Gasteiger partial charge is 0.355 e. The summed E-state index contributed by atoms with van der Waals surface area (Å²) >= 11 is 0. The second-order valence-corrected chi connectivity index (χ2v) is 6.66. The fourth-order valence-corrected chi connectivity index (χ4v) is 3.21. The van der Waals surface area contributed by atoms with E-state index in [1.54, 1.807) is 29.2 Å². The molecule has 2 N–H and O–H groups in total. The van der Waals surface area contributed by atoms with Gasteiger partial charge in [0.2, 0.25) is 17.7 Å². The Balaban J connectivity index is 1.56. The summed E-state index contributed by atoms with van der Waals surface area (Å²) in [7, 11) is 0. The van der Waals surface area contributed by atoms with Gasteiger partial charge in [-0.3, -0.25) is 14.4 Å². The van der Waals surface area contributed by atoms with Crippen LogP contribution < -0.4 is 15.5 Å². The van der Waals surface area contributed by atoms with Gasteiger partial charge in [-0.15, -0.1) is 0 Å². The van der Waals surface area contributed by atoms with Crippen LogP contribution in [0.1, 0.15) is 18.9 Å². The first-order chi connectivity index (χ1) is 13.0. The molecule has 2 aromatic carbocycles. The summed E-state index contributed by atoms with van der Waals surface area (Å²) in [6.07, 6.45) is 0.956. The van der Waals surface area contributed by atoms with Crippen LogP contribution in [0.3, 0.4) is 0 Å². The van der Waals surface area contributed by atoms with E-state index >= 15 is 0 Å². The van der Waals surface area contributed by atoms with E-state index in [-0.39, 0.29) is 30.1 Å². The van der Waals surface area contributed by atoms with Gasteiger partial charge in [0.25, 0.3) is 0 Å². The predicted octanol–water partition coefficient (Wildman–Crippen LogP) is 2.36. The molecule has 27 heavy (non-hydrogen) atoms. The van der Waals surface area contributed by atoms with Crippen LogP contribution >= 0.6 is 0 Å². The van der Waals surface area contributed by atoms with E-state index in [1.165, 1.54) is 6.92 Å². The summed E-state index contributed by atoms with van der Waals surface area (Å²) in [4.78, 5) is 37.6. The number of hydrogen-bond acceptors (Lipinski definition) is 3. The smallest absolute Gasteiger partial charge is 0.227 e. The molecule has 2 aromatic rings. The second kappa shape index (κ2) is 8.49. The highest BCUT2D eigenvalue weighted by molar-refractivity contribution is 6.01. The van der Waals surface area contributed by atoms with Crippen LogP contribution in [-0.2, 0) is 20.8 Å². The van der Waals surface area contributed by atoms with Crippen molar-refractivity contribution in [3.8, 4) is 0 Å². The molecule has 0 radical (unpaired) electrons. The minimum Gasteiger partial charge on any atom is -0.355 e. The summed E-state index contributed by atoms with van der Waals surface area (Å²) < 4.78 is 0. The van der Waals surface area contributed by atoms with Crippen LogP contribution in [0, 0.1) is 5.92 Å². The average Bonchev–Trinajstić information content (AvgIpc) is 3.04. The Labute approximate surface area is 158 Å². The number of nitrogens with one attached hydrogen (secondary N) is 2. The number of amides is 3. The highest BCUT2D eigenvalue weighted by atomic mass is 16.2. The third kappa shape index (κ3) is 4.94. The molecule has 0 spiro atoms. The summed E-state index contributed by atoms with van der Waals surface area (Å²) in [5, 5.41) is 5.63. The predicted molar refractivity (Wildman–Crippen MR) is 104 cm³/mol. The lowest BCUT2D eigenvalue weighted by molar-refractivity contribution is -0.126. The topological polar surface area (TPSA) is 78.5 Å². The lowest BCUT2D eigenvalue weighted by Crippen LogP contribution is -2.34. The molecule has 1 atom stereocenters. The molecular weight excluding hydrogens is 342 g/mol. The third-order valence-electron chi connectivity index (χ3n) is 4.53. The number of nitrogens with zero attached hydrogens (tertiary/aromatic N) is 1. The number of carbonyl (C=O) groups excluding carboxylic acids is 3. The number of rotatable bonds is 6. The van der Waals surface area contributed by atoms with Crippen LogP contribution in [0.4, 0.5) is 11.4 Å². The number of benzene rings is 2. The van der Waals surface area contributed by atoms with E-state index in [1.807, 2.05) is 30.3 Å². The fraction of sp³-hybridized carbons (Fsp3) is 0.286. The Bertz CT molecular complexity index is 836. The standard InChI is InChI=1S/C21H23N3O3/c1-15(25)23-18-8-5-9-19(13-18)24-14-17(12-20(24)26)21(27)22-11-10-16-6-3-2-4-7-16/h2-9,13,17H,10-12,14H2,1H3,(H,22,27)(H,23,25)/t17-/m0/s1. The molecule has 3 rings (SSSR count). The first kappa shape index (κ1) is 18.6. The molecule has 0 bridgehead atoms. The monoisotopic (exact) mass is 365 g/mol. The van der Waals surface area contributed by atoms with E-state index in [0.717, 1.165) is 12.0 Å². The highest BCUT2D eigenvalue weighted by Crippen LogP contribution is 2.27. The van der Waals surface area contributed by atoms with Crippen molar-refractivity contribution in [2.24, 2.45) is 5.92 Å². The van der Waals surface area contributed by atoms with Gasteiger partial charge in [0.15, 0.2) is 0 Å². The zero-order valence-electron chi connectivity index (χ0n) is 15.3. The Morgan fingerprint density at radius 1 is 1.11 bits per heavy atom. The van der Waals surface area contributed by atoms with Gasteiger partial charge in [-0.05, 0) is 30.2 Å². The fourth-order valence-electron chi connectivity index (χ4n) is 3.21. The number of anilines is 2. The van der Waals surface area contributed by atoms with Gasteiger partial charge < -0.3 is 15.5 Å². The first-order valence-electron chi connectivity index (χ1n) is 9.02. The van der Waals surface area contributed by atoms with Crippen molar-refractivity contribution in [3.63, 3.8) is 0 Å². The molecular formula is C21H23N3O3. The normalized spacial score (nSPS) is 16.3. The number of hydrogen-bond donors (Lipinski definition) is 2. The zero-order valence-corrected chi connectivity index (χ0v) is 15.3. The Morgan fingerprint density at radius 3 is 2.63 bits per heavy atom. The maximum Gasteiger partial charge on any atom is 0.227 e. The molecule has 140 valence electrons.